The van der Waals surface area contributed by atoms with Crippen LogP contribution in [0.3, 0.4) is 0 Å². The molecule has 0 heterocycles. The lowest BCUT2D eigenvalue weighted by Gasteiger charge is -2.13. The summed E-state index contributed by atoms with van der Waals surface area (Å²) in [6, 6.07) is 5.13. The van der Waals surface area contributed by atoms with Crippen LogP contribution in [0.1, 0.15) is 5.56 Å². The predicted octanol–water partition coefficient (Wildman–Crippen LogP) is -0.0601. The molecule has 4 N–H and O–H groups in total. The van der Waals surface area contributed by atoms with Gasteiger partial charge in [-0.15, -0.1) is 0 Å². The molecule has 1 aromatic rings. The van der Waals surface area contributed by atoms with E-state index in [0.717, 1.165) is 5.56 Å². The van der Waals surface area contributed by atoms with Gasteiger partial charge in [-0.05, 0) is 6.07 Å². The van der Waals surface area contributed by atoms with E-state index in [1.807, 2.05) is 0 Å². The largest absolute Gasteiger partial charge is 0.496 e. The van der Waals surface area contributed by atoms with Gasteiger partial charge >= 0.3 is 12.0 Å². The van der Waals surface area contributed by atoms with Gasteiger partial charge in [-0.2, -0.15) is 0 Å². The van der Waals surface area contributed by atoms with Crippen LogP contribution in [0.25, 0.3) is 0 Å². The molecule has 7 heteroatoms. The van der Waals surface area contributed by atoms with Crippen LogP contribution in [0.2, 0.25) is 0 Å². The lowest BCUT2D eigenvalue weighted by molar-refractivity contribution is -0.140. The second kappa shape index (κ2) is 7.22. The van der Waals surface area contributed by atoms with Gasteiger partial charge in [0.2, 0.25) is 0 Å². The van der Waals surface area contributed by atoms with Crippen molar-refractivity contribution < 1.29 is 24.5 Å². The van der Waals surface area contributed by atoms with E-state index in [4.69, 9.17) is 14.9 Å². The lowest BCUT2D eigenvalue weighted by Crippen LogP contribution is -2.47. The Morgan fingerprint density at radius 3 is 2.63 bits per heavy atom. The Hall–Kier alpha value is -2.28. The molecule has 0 saturated heterocycles. The number of hydrogen-bond acceptors (Lipinski definition) is 4. The summed E-state index contributed by atoms with van der Waals surface area (Å²) in [5.41, 5.74) is 0.760. The van der Waals surface area contributed by atoms with Crippen molar-refractivity contribution in [1.82, 2.24) is 10.6 Å². The van der Waals surface area contributed by atoms with Crippen molar-refractivity contribution in [3.8, 4) is 5.75 Å². The summed E-state index contributed by atoms with van der Waals surface area (Å²) in [6.07, 6.45) is 0. The first-order chi connectivity index (χ1) is 9.08. The van der Waals surface area contributed by atoms with E-state index in [0.29, 0.717) is 5.75 Å². The Balaban J connectivity index is 2.52. The van der Waals surface area contributed by atoms with Gasteiger partial charge in [-0.3, -0.25) is 0 Å². The number of urea groups is 1. The van der Waals surface area contributed by atoms with E-state index in [-0.39, 0.29) is 6.54 Å². The summed E-state index contributed by atoms with van der Waals surface area (Å²) < 4.78 is 5.11. The van der Waals surface area contributed by atoms with Gasteiger partial charge in [0.15, 0.2) is 6.04 Å². The summed E-state index contributed by atoms with van der Waals surface area (Å²) in [4.78, 5) is 22.1. The smallest absolute Gasteiger partial charge is 0.328 e. The van der Waals surface area contributed by atoms with Crippen LogP contribution in [0.15, 0.2) is 24.3 Å². The van der Waals surface area contributed by atoms with Crippen LogP contribution in [-0.2, 0) is 11.3 Å². The molecule has 0 bridgehead atoms. The van der Waals surface area contributed by atoms with Crippen LogP contribution in [-0.4, -0.2) is 42.0 Å². The molecule has 1 rings (SSSR count). The first-order valence-electron chi connectivity index (χ1n) is 5.58. The fraction of sp³-hybridized carbons (Fsp3) is 0.333. The molecule has 0 spiro atoms. The first-order valence-corrected chi connectivity index (χ1v) is 5.58. The highest BCUT2D eigenvalue weighted by Gasteiger charge is 2.18. The maximum absolute atomic E-state index is 11.5. The molecule has 0 aliphatic carbocycles. The van der Waals surface area contributed by atoms with E-state index < -0.39 is 24.6 Å². The van der Waals surface area contributed by atoms with Crippen molar-refractivity contribution in [3.05, 3.63) is 29.8 Å². The molecule has 0 aliphatic heterocycles. The Bertz CT molecular complexity index is 450. The number of nitrogens with one attached hydrogen (secondary N) is 2. The minimum absolute atomic E-state index is 0.188. The van der Waals surface area contributed by atoms with Crippen molar-refractivity contribution in [2.24, 2.45) is 0 Å². The average molecular weight is 268 g/mol. The third kappa shape index (κ3) is 4.47. The van der Waals surface area contributed by atoms with Gasteiger partial charge in [-0.1, -0.05) is 18.2 Å². The molecule has 19 heavy (non-hydrogen) atoms. The highest BCUT2D eigenvalue weighted by Crippen LogP contribution is 2.16. The van der Waals surface area contributed by atoms with Crippen LogP contribution in [0, 0.1) is 0 Å². The van der Waals surface area contributed by atoms with E-state index in [1.165, 1.54) is 7.11 Å². The van der Waals surface area contributed by atoms with Crippen LogP contribution in [0.5, 0.6) is 5.75 Å². The predicted molar refractivity (Wildman–Crippen MR) is 66.9 cm³/mol. The number of para-hydroxylation sites is 1. The van der Waals surface area contributed by atoms with E-state index in [1.54, 1.807) is 24.3 Å². The zero-order valence-electron chi connectivity index (χ0n) is 10.4. The number of rotatable bonds is 6. The van der Waals surface area contributed by atoms with Crippen molar-refractivity contribution in [1.29, 1.82) is 0 Å². The molecule has 0 radical (unpaired) electrons. The second-order valence-electron chi connectivity index (χ2n) is 3.71. The number of carbonyl (C=O) groups is 2. The Kier molecular flexibility index (Phi) is 5.62. The summed E-state index contributed by atoms with van der Waals surface area (Å²) in [7, 11) is 1.52. The quantitative estimate of drug-likeness (QED) is 0.578. The average Bonchev–Trinajstić information content (AvgIpc) is 2.42. The number of carboxylic acids is 1. The molecular weight excluding hydrogens is 252 g/mol. The maximum Gasteiger partial charge on any atom is 0.328 e. The standard InChI is InChI=1S/C12H16N2O5/c1-19-10-5-3-2-4-8(10)6-13-12(18)14-9(7-15)11(16)17/h2-5,9,15H,6-7H2,1H3,(H,16,17)(H2,13,14,18). The summed E-state index contributed by atoms with van der Waals surface area (Å²) in [5, 5.41) is 22.1. The topological polar surface area (TPSA) is 108 Å². The molecule has 1 aromatic carbocycles. The molecule has 7 nitrogen and oxygen atoms in total. The Morgan fingerprint density at radius 2 is 2.05 bits per heavy atom. The number of hydrogen-bond donors (Lipinski definition) is 4. The van der Waals surface area contributed by atoms with Crippen molar-refractivity contribution in [2.75, 3.05) is 13.7 Å². The molecule has 0 fully saturated rings. The lowest BCUT2D eigenvalue weighted by atomic mass is 10.2. The number of aliphatic carboxylic acids is 1. The van der Waals surface area contributed by atoms with Crippen LogP contribution in [0.4, 0.5) is 4.79 Å². The minimum atomic E-state index is -1.32. The van der Waals surface area contributed by atoms with Gasteiger partial charge in [-0.25, -0.2) is 9.59 Å². The van der Waals surface area contributed by atoms with Crippen LogP contribution >= 0.6 is 0 Å². The number of ether oxygens (including phenoxy) is 1. The number of amides is 2. The van der Waals surface area contributed by atoms with E-state index in [9.17, 15) is 9.59 Å². The number of methoxy groups -OCH3 is 1. The van der Waals surface area contributed by atoms with Crippen molar-refractivity contribution in [2.45, 2.75) is 12.6 Å². The zero-order chi connectivity index (χ0) is 14.3. The molecule has 2 amide bonds. The monoisotopic (exact) mass is 268 g/mol. The SMILES string of the molecule is COc1ccccc1CNC(=O)NC(CO)C(=O)O. The Labute approximate surface area is 110 Å². The molecule has 0 aromatic heterocycles. The van der Waals surface area contributed by atoms with Gasteiger partial charge in [0, 0.05) is 12.1 Å². The van der Waals surface area contributed by atoms with E-state index in [2.05, 4.69) is 10.6 Å². The van der Waals surface area contributed by atoms with Gasteiger partial charge in [0.1, 0.15) is 5.75 Å². The van der Waals surface area contributed by atoms with Crippen molar-refractivity contribution >= 4 is 12.0 Å². The molecule has 104 valence electrons. The summed E-state index contributed by atoms with van der Waals surface area (Å²) in [6.45, 7) is -0.481. The van der Waals surface area contributed by atoms with Gasteiger partial charge in [0.05, 0.1) is 13.7 Å². The molecule has 1 atom stereocenters. The molecule has 1 unspecified atom stereocenters. The number of benzene rings is 1. The fourth-order valence-electron chi connectivity index (χ4n) is 1.42. The summed E-state index contributed by atoms with van der Waals surface area (Å²) >= 11 is 0. The molecular formula is C12H16N2O5. The minimum Gasteiger partial charge on any atom is -0.496 e. The Morgan fingerprint density at radius 1 is 1.37 bits per heavy atom. The normalized spacial score (nSPS) is 11.5. The number of carboxylic acid groups (broad SMARTS) is 1. The van der Waals surface area contributed by atoms with E-state index >= 15 is 0 Å². The molecule has 0 aliphatic rings. The number of aliphatic hydroxyl groups is 1. The number of aliphatic hydroxyl groups excluding tert-OH is 1. The van der Waals surface area contributed by atoms with Gasteiger partial charge in [0.25, 0.3) is 0 Å². The third-order valence-corrected chi connectivity index (χ3v) is 2.42. The van der Waals surface area contributed by atoms with Gasteiger partial charge < -0.3 is 25.6 Å². The summed E-state index contributed by atoms with van der Waals surface area (Å²) in [5.74, 6) is -0.672. The fourth-order valence-corrected chi connectivity index (χ4v) is 1.42. The zero-order valence-corrected chi connectivity index (χ0v) is 10.4. The van der Waals surface area contributed by atoms with Crippen LogP contribution < -0.4 is 15.4 Å². The van der Waals surface area contributed by atoms with Crippen molar-refractivity contribution in [3.63, 3.8) is 0 Å². The number of carbonyl (C=O) groups excluding carboxylic acids is 1. The third-order valence-electron chi connectivity index (χ3n) is 2.42. The molecule has 0 saturated carbocycles. The second-order valence-corrected chi connectivity index (χ2v) is 3.71. The highest BCUT2D eigenvalue weighted by atomic mass is 16.5. The highest BCUT2D eigenvalue weighted by molar-refractivity contribution is 5.82. The maximum atomic E-state index is 11.5. The first kappa shape index (κ1) is 14.8.